The highest BCUT2D eigenvalue weighted by atomic mass is 16.3. The second kappa shape index (κ2) is 6.92. The average Bonchev–Trinajstić information content (AvgIpc) is 3.23. The minimum absolute atomic E-state index is 0.0532. The molecule has 1 aromatic carbocycles. The topological polar surface area (TPSA) is 125 Å². The van der Waals surface area contributed by atoms with Gasteiger partial charge in [0.25, 0.3) is 0 Å². The molecule has 1 aliphatic carbocycles. The molecule has 27 heavy (non-hydrogen) atoms. The zero-order chi connectivity index (χ0) is 18.8. The largest absolute Gasteiger partial charge is 0.442 e. The minimum atomic E-state index is 0.0532. The summed E-state index contributed by atoms with van der Waals surface area (Å²) in [5.74, 6) is 0.368. The van der Waals surface area contributed by atoms with Crippen molar-refractivity contribution in [2.75, 3.05) is 11.1 Å². The minimum Gasteiger partial charge on any atom is -0.442 e. The van der Waals surface area contributed by atoms with Crippen molar-refractivity contribution in [1.29, 1.82) is 10.7 Å². The molecule has 4 rings (SSSR count). The highest BCUT2D eigenvalue weighted by molar-refractivity contribution is 6.12. The molecule has 7 nitrogen and oxygen atoms in total. The molecule has 7 heteroatoms. The Morgan fingerprint density at radius 2 is 2.22 bits per heavy atom. The number of fused-ring (bicyclic) bond motifs is 1. The maximum atomic E-state index is 9.08. The standard InChI is InChI=1S/C20H18N6O/c21-8-12-6-13-2-1-3-17(20(13)25-9-12)26-14-4-5-16(22)15(7-14)19(23)18-10-24-11-27-18/h4-7,9-11,17,23,26H,1-3,22H2. The Kier molecular flexibility index (Phi) is 4.30. The van der Waals surface area contributed by atoms with Gasteiger partial charge in [0, 0.05) is 23.1 Å². The quantitative estimate of drug-likeness (QED) is 0.485. The summed E-state index contributed by atoms with van der Waals surface area (Å²) in [7, 11) is 0. The summed E-state index contributed by atoms with van der Waals surface area (Å²) in [5.41, 5.74) is 10.9. The number of aromatic nitrogens is 2. The number of oxazole rings is 1. The van der Waals surface area contributed by atoms with Crippen molar-refractivity contribution < 1.29 is 4.42 Å². The Morgan fingerprint density at radius 3 is 3.00 bits per heavy atom. The summed E-state index contributed by atoms with van der Waals surface area (Å²) in [6.45, 7) is 0. The lowest BCUT2D eigenvalue weighted by molar-refractivity contribution is 0.548. The first kappa shape index (κ1) is 16.8. The average molecular weight is 358 g/mol. The number of nitriles is 1. The fourth-order valence-electron chi connectivity index (χ4n) is 3.41. The van der Waals surface area contributed by atoms with Crippen LogP contribution in [0.4, 0.5) is 11.4 Å². The van der Waals surface area contributed by atoms with Crippen molar-refractivity contribution in [2.45, 2.75) is 25.3 Å². The third-order valence-electron chi connectivity index (χ3n) is 4.74. The summed E-state index contributed by atoms with van der Waals surface area (Å²) in [4.78, 5) is 8.37. The van der Waals surface area contributed by atoms with Gasteiger partial charge in [-0.3, -0.25) is 10.4 Å². The predicted octanol–water partition coefficient (Wildman–Crippen LogP) is 3.43. The monoisotopic (exact) mass is 358 g/mol. The molecule has 2 heterocycles. The van der Waals surface area contributed by atoms with Crippen LogP contribution in [-0.2, 0) is 6.42 Å². The summed E-state index contributed by atoms with van der Waals surface area (Å²) in [6, 6.07) is 9.64. The van der Waals surface area contributed by atoms with Gasteiger partial charge in [0.2, 0.25) is 0 Å². The SMILES string of the molecule is N#Cc1cnc2c(c1)CCCC2Nc1ccc(N)c(C(=N)c2cnco2)c1. The summed E-state index contributed by atoms with van der Waals surface area (Å²) in [5, 5.41) is 20.9. The van der Waals surface area contributed by atoms with Gasteiger partial charge in [-0.05, 0) is 49.1 Å². The number of nitrogens with two attached hydrogens (primary N) is 1. The molecule has 2 aromatic heterocycles. The molecule has 0 radical (unpaired) electrons. The van der Waals surface area contributed by atoms with Crippen molar-refractivity contribution in [3.05, 3.63) is 71.2 Å². The van der Waals surface area contributed by atoms with Gasteiger partial charge >= 0.3 is 0 Å². The van der Waals surface area contributed by atoms with Gasteiger partial charge < -0.3 is 15.5 Å². The van der Waals surface area contributed by atoms with Gasteiger partial charge in [-0.1, -0.05) is 0 Å². The first-order valence-electron chi connectivity index (χ1n) is 8.68. The van der Waals surface area contributed by atoms with E-state index in [1.807, 2.05) is 18.2 Å². The van der Waals surface area contributed by atoms with E-state index in [9.17, 15) is 0 Å². The van der Waals surface area contributed by atoms with Crippen LogP contribution in [0.1, 0.15) is 47.0 Å². The van der Waals surface area contributed by atoms with E-state index in [4.69, 9.17) is 20.8 Å². The molecule has 0 saturated heterocycles. The molecular weight excluding hydrogens is 340 g/mol. The number of nitrogen functional groups attached to an aromatic ring is 1. The third-order valence-corrected chi connectivity index (χ3v) is 4.74. The Hall–Kier alpha value is -3.66. The molecule has 0 spiro atoms. The predicted molar refractivity (Wildman–Crippen MR) is 102 cm³/mol. The van der Waals surface area contributed by atoms with E-state index >= 15 is 0 Å². The van der Waals surface area contributed by atoms with E-state index in [1.165, 1.54) is 12.6 Å². The molecule has 0 bridgehead atoms. The van der Waals surface area contributed by atoms with Gasteiger partial charge in [0.05, 0.1) is 23.5 Å². The number of nitrogens with one attached hydrogen (secondary N) is 2. The lowest BCUT2D eigenvalue weighted by atomic mass is 9.91. The molecule has 0 fully saturated rings. The lowest BCUT2D eigenvalue weighted by Gasteiger charge is -2.26. The van der Waals surface area contributed by atoms with Gasteiger partial charge in [0.15, 0.2) is 12.2 Å². The number of hydrogen-bond donors (Lipinski definition) is 3. The third kappa shape index (κ3) is 3.25. The van der Waals surface area contributed by atoms with Crippen LogP contribution < -0.4 is 11.1 Å². The number of nitrogens with zero attached hydrogens (tertiary/aromatic N) is 3. The zero-order valence-electron chi connectivity index (χ0n) is 14.6. The molecule has 3 aromatic rings. The van der Waals surface area contributed by atoms with Gasteiger partial charge in [0.1, 0.15) is 11.8 Å². The summed E-state index contributed by atoms with van der Waals surface area (Å²) < 4.78 is 5.21. The van der Waals surface area contributed by atoms with E-state index in [0.29, 0.717) is 22.6 Å². The fraction of sp³-hybridized carbons (Fsp3) is 0.200. The maximum Gasteiger partial charge on any atom is 0.181 e. The van der Waals surface area contributed by atoms with Crippen LogP contribution in [-0.4, -0.2) is 15.7 Å². The van der Waals surface area contributed by atoms with Crippen LogP contribution in [0, 0.1) is 16.7 Å². The normalized spacial score (nSPS) is 15.6. The Balaban J connectivity index is 1.62. The van der Waals surface area contributed by atoms with Gasteiger partial charge in [-0.15, -0.1) is 0 Å². The molecule has 4 N–H and O–H groups in total. The second-order valence-electron chi connectivity index (χ2n) is 6.51. The molecule has 0 amide bonds. The van der Waals surface area contributed by atoms with E-state index in [1.54, 1.807) is 12.3 Å². The zero-order valence-corrected chi connectivity index (χ0v) is 14.6. The summed E-state index contributed by atoms with van der Waals surface area (Å²) in [6.07, 6.45) is 7.31. The first-order valence-corrected chi connectivity index (χ1v) is 8.68. The highest BCUT2D eigenvalue weighted by Crippen LogP contribution is 2.32. The maximum absolute atomic E-state index is 9.08. The van der Waals surface area contributed by atoms with Crippen LogP contribution in [0.2, 0.25) is 0 Å². The molecule has 134 valence electrons. The van der Waals surface area contributed by atoms with E-state index in [-0.39, 0.29) is 11.8 Å². The van der Waals surface area contributed by atoms with Crippen LogP contribution in [0.5, 0.6) is 0 Å². The molecule has 1 atom stereocenters. The van der Waals surface area contributed by atoms with Gasteiger partial charge in [-0.2, -0.15) is 5.26 Å². The first-order chi connectivity index (χ1) is 13.2. The second-order valence-corrected chi connectivity index (χ2v) is 6.51. The molecule has 0 saturated carbocycles. The van der Waals surface area contributed by atoms with Crippen LogP contribution in [0.3, 0.4) is 0 Å². The van der Waals surface area contributed by atoms with Crippen molar-refractivity contribution in [3.63, 3.8) is 0 Å². The molecular formula is C20H18N6O. The van der Waals surface area contributed by atoms with Crippen LogP contribution in [0.25, 0.3) is 0 Å². The Labute approximate surface area is 156 Å². The van der Waals surface area contributed by atoms with Crippen molar-refractivity contribution in [2.24, 2.45) is 0 Å². The number of pyridine rings is 1. The fourth-order valence-corrected chi connectivity index (χ4v) is 3.41. The van der Waals surface area contributed by atoms with Crippen LogP contribution >= 0.6 is 0 Å². The van der Waals surface area contributed by atoms with E-state index in [0.717, 1.165) is 36.2 Å². The van der Waals surface area contributed by atoms with E-state index in [2.05, 4.69) is 21.4 Å². The highest BCUT2D eigenvalue weighted by Gasteiger charge is 2.22. The smallest absolute Gasteiger partial charge is 0.181 e. The van der Waals surface area contributed by atoms with Crippen molar-refractivity contribution >= 4 is 17.1 Å². The number of rotatable bonds is 4. The van der Waals surface area contributed by atoms with Crippen LogP contribution in [0.15, 0.2) is 47.5 Å². The van der Waals surface area contributed by atoms with Crippen molar-refractivity contribution in [3.8, 4) is 6.07 Å². The Bertz CT molecular complexity index is 1040. The lowest BCUT2D eigenvalue weighted by Crippen LogP contribution is -2.19. The number of benzene rings is 1. The Morgan fingerprint density at radius 1 is 1.33 bits per heavy atom. The number of hydrogen-bond acceptors (Lipinski definition) is 7. The molecule has 0 aliphatic heterocycles. The van der Waals surface area contributed by atoms with E-state index < -0.39 is 0 Å². The molecule has 1 unspecified atom stereocenters. The number of anilines is 2. The van der Waals surface area contributed by atoms with Crippen molar-refractivity contribution in [1.82, 2.24) is 9.97 Å². The van der Waals surface area contributed by atoms with Gasteiger partial charge in [-0.25, -0.2) is 4.98 Å². The number of aryl methyl sites for hydroxylation is 1. The summed E-state index contributed by atoms with van der Waals surface area (Å²) >= 11 is 0. The molecule has 1 aliphatic rings.